The number of hydrogen-bond acceptors (Lipinski definition) is 1. The van der Waals surface area contributed by atoms with Crippen LogP contribution in [-0.4, -0.2) is 12.1 Å². The Morgan fingerprint density at radius 2 is 2.00 bits per heavy atom. The van der Waals surface area contributed by atoms with Crippen LogP contribution in [0.15, 0.2) is 24.3 Å². The molecule has 0 radical (unpaired) electrons. The number of rotatable bonds is 2. The number of anilines is 1. The van der Waals surface area contributed by atoms with Gasteiger partial charge in [-0.15, -0.1) is 0 Å². The monoisotopic (exact) mass is 232 g/mol. The van der Waals surface area contributed by atoms with Gasteiger partial charge in [-0.2, -0.15) is 0 Å². The van der Waals surface area contributed by atoms with Crippen molar-refractivity contribution in [1.29, 1.82) is 0 Å². The molecule has 3 heteroatoms. The zero-order valence-corrected chi connectivity index (χ0v) is 10.3. The van der Waals surface area contributed by atoms with E-state index in [-0.39, 0.29) is 6.03 Å². The van der Waals surface area contributed by atoms with Crippen molar-refractivity contribution in [1.82, 2.24) is 5.32 Å². The molecule has 1 aliphatic rings. The van der Waals surface area contributed by atoms with Crippen molar-refractivity contribution in [2.45, 2.75) is 45.1 Å². The first-order chi connectivity index (χ1) is 8.24. The summed E-state index contributed by atoms with van der Waals surface area (Å²) in [5.41, 5.74) is 2.01. The van der Waals surface area contributed by atoms with Gasteiger partial charge >= 0.3 is 6.03 Å². The predicted octanol–water partition coefficient (Wildman–Crippen LogP) is 3.45. The Labute approximate surface area is 103 Å². The molecule has 1 saturated carbocycles. The third-order valence-corrected chi connectivity index (χ3v) is 3.22. The molecular formula is C14H20N2O. The summed E-state index contributed by atoms with van der Waals surface area (Å²) in [6, 6.07) is 8.12. The first-order valence-corrected chi connectivity index (χ1v) is 6.38. The lowest BCUT2D eigenvalue weighted by molar-refractivity contribution is 0.244. The van der Waals surface area contributed by atoms with E-state index in [4.69, 9.17) is 0 Å². The zero-order valence-electron chi connectivity index (χ0n) is 10.3. The average molecular weight is 232 g/mol. The highest BCUT2D eigenvalue weighted by Gasteiger charge is 2.15. The first-order valence-electron chi connectivity index (χ1n) is 6.38. The van der Waals surface area contributed by atoms with E-state index in [1.807, 2.05) is 31.2 Å². The molecule has 1 aliphatic carbocycles. The van der Waals surface area contributed by atoms with Gasteiger partial charge in [-0.1, -0.05) is 31.4 Å². The Hall–Kier alpha value is -1.51. The Morgan fingerprint density at radius 1 is 1.24 bits per heavy atom. The number of hydrogen-bond donors (Lipinski definition) is 2. The van der Waals surface area contributed by atoms with Crippen LogP contribution >= 0.6 is 0 Å². The number of carbonyl (C=O) groups is 1. The highest BCUT2D eigenvalue weighted by molar-refractivity contribution is 5.89. The van der Waals surface area contributed by atoms with E-state index in [2.05, 4.69) is 10.6 Å². The van der Waals surface area contributed by atoms with Crippen LogP contribution < -0.4 is 10.6 Å². The number of nitrogens with one attached hydrogen (secondary N) is 2. The minimum atomic E-state index is -0.0810. The second-order valence-corrected chi connectivity index (χ2v) is 4.80. The molecule has 1 fully saturated rings. The van der Waals surface area contributed by atoms with Gasteiger partial charge in [0.1, 0.15) is 0 Å². The number of amides is 2. The van der Waals surface area contributed by atoms with Crippen molar-refractivity contribution < 1.29 is 4.79 Å². The second kappa shape index (κ2) is 5.71. The summed E-state index contributed by atoms with van der Waals surface area (Å²) < 4.78 is 0. The number of carbonyl (C=O) groups excluding carboxylic acids is 1. The van der Waals surface area contributed by atoms with E-state index in [0.29, 0.717) is 6.04 Å². The summed E-state index contributed by atoms with van der Waals surface area (Å²) in [5.74, 6) is 0. The summed E-state index contributed by atoms with van der Waals surface area (Å²) >= 11 is 0. The third kappa shape index (κ3) is 3.77. The van der Waals surface area contributed by atoms with Gasteiger partial charge in [0, 0.05) is 11.7 Å². The molecule has 0 bridgehead atoms. The fourth-order valence-corrected chi connectivity index (χ4v) is 2.32. The maximum absolute atomic E-state index is 11.8. The molecule has 17 heavy (non-hydrogen) atoms. The number of aryl methyl sites for hydroxylation is 1. The zero-order chi connectivity index (χ0) is 12.1. The summed E-state index contributed by atoms with van der Waals surface area (Å²) in [7, 11) is 0. The highest BCUT2D eigenvalue weighted by Crippen LogP contribution is 2.17. The van der Waals surface area contributed by atoms with Crippen LogP contribution in [0.4, 0.5) is 10.5 Å². The smallest absolute Gasteiger partial charge is 0.319 e. The fourth-order valence-electron chi connectivity index (χ4n) is 2.32. The number of urea groups is 1. The first kappa shape index (κ1) is 12.0. The Morgan fingerprint density at radius 3 is 2.71 bits per heavy atom. The van der Waals surface area contributed by atoms with Gasteiger partial charge in [0.05, 0.1) is 0 Å². The standard InChI is InChI=1S/C14H20N2O/c1-11-6-5-9-13(10-11)16-14(17)15-12-7-3-2-4-8-12/h5-6,9-10,12H,2-4,7-8H2,1H3,(H2,15,16,17). The molecule has 0 unspecified atom stereocenters. The van der Waals surface area contributed by atoms with Crippen molar-refractivity contribution >= 4 is 11.7 Å². The minimum absolute atomic E-state index is 0.0810. The van der Waals surface area contributed by atoms with Crippen LogP contribution in [0.3, 0.4) is 0 Å². The van der Waals surface area contributed by atoms with E-state index in [0.717, 1.165) is 24.1 Å². The molecule has 0 aromatic heterocycles. The SMILES string of the molecule is Cc1cccc(NC(=O)NC2CCCCC2)c1. The molecule has 3 nitrogen and oxygen atoms in total. The topological polar surface area (TPSA) is 41.1 Å². The molecule has 1 aromatic carbocycles. The Bertz CT molecular complexity index is 384. The van der Waals surface area contributed by atoms with Gasteiger partial charge in [0.2, 0.25) is 0 Å². The maximum Gasteiger partial charge on any atom is 0.319 e. The average Bonchev–Trinajstić information content (AvgIpc) is 2.30. The quantitative estimate of drug-likeness (QED) is 0.805. The van der Waals surface area contributed by atoms with Crippen LogP contribution in [0.1, 0.15) is 37.7 Å². The Balaban J connectivity index is 1.84. The van der Waals surface area contributed by atoms with Crippen LogP contribution in [0, 0.1) is 6.92 Å². The van der Waals surface area contributed by atoms with Gasteiger partial charge in [0.25, 0.3) is 0 Å². The maximum atomic E-state index is 11.8. The van der Waals surface area contributed by atoms with Crippen LogP contribution in [0.5, 0.6) is 0 Å². The van der Waals surface area contributed by atoms with Crippen LogP contribution in [0.25, 0.3) is 0 Å². The van der Waals surface area contributed by atoms with E-state index in [1.54, 1.807) is 0 Å². The molecule has 0 aliphatic heterocycles. The summed E-state index contributed by atoms with van der Waals surface area (Å²) in [6.45, 7) is 2.02. The van der Waals surface area contributed by atoms with Crippen molar-refractivity contribution in [3.8, 4) is 0 Å². The normalized spacial score (nSPS) is 16.5. The predicted molar refractivity (Wildman–Crippen MR) is 70.2 cm³/mol. The molecule has 92 valence electrons. The molecular weight excluding hydrogens is 212 g/mol. The van der Waals surface area contributed by atoms with Gasteiger partial charge in [-0.25, -0.2) is 4.79 Å². The molecule has 0 saturated heterocycles. The van der Waals surface area contributed by atoms with Gasteiger partial charge in [-0.3, -0.25) is 0 Å². The van der Waals surface area contributed by atoms with Crippen molar-refractivity contribution in [2.75, 3.05) is 5.32 Å². The van der Waals surface area contributed by atoms with Gasteiger partial charge in [0.15, 0.2) is 0 Å². The second-order valence-electron chi connectivity index (χ2n) is 4.80. The molecule has 2 rings (SSSR count). The molecule has 1 aromatic rings. The fraction of sp³-hybridized carbons (Fsp3) is 0.500. The number of benzene rings is 1. The van der Waals surface area contributed by atoms with Crippen LogP contribution in [0.2, 0.25) is 0 Å². The molecule has 0 atom stereocenters. The summed E-state index contributed by atoms with van der Waals surface area (Å²) in [5, 5.41) is 5.92. The lowest BCUT2D eigenvalue weighted by Crippen LogP contribution is -2.39. The van der Waals surface area contributed by atoms with Crippen LogP contribution in [-0.2, 0) is 0 Å². The summed E-state index contributed by atoms with van der Waals surface area (Å²) in [6.07, 6.45) is 5.99. The van der Waals surface area contributed by atoms with E-state index in [9.17, 15) is 4.79 Å². The van der Waals surface area contributed by atoms with E-state index >= 15 is 0 Å². The van der Waals surface area contributed by atoms with Crippen molar-refractivity contribution in [3.63, 3.8) is 0 Å². The Kier molecular flexibility index (Phi) is 4.02. The van der Waals surface area contributed by atoms with Crippen molar-refractivity contribution in [2.24, 2.45) is 0 Å². The lowest BCUT2D eigenvalue weighted by Gasteiger charge is -2.22. The third-order valence-electron chi connectivity index (χ3n) is 3.22. The van der Waals surface area contributed by atoms with Gasteiger partial charge < -0.3 is 10.6 Å². The molecule has 2 amide bonds. The summed E-state index contributed by atoms with van der Waals surface area (Å²) in [4.78, 5) is 11.8. The van der Waals surface area contributed by atoms with Gasteiger partial charge in [-0.05, 0) is 37.5 Å². The van der Waals surface area contributed by atoms with E-state index in [1.165, 1.54) is 19.3 Å². The largest absolute Gasteiger partial charge is 0.335 e. The lowest BCUT2D eigenvalue weighted by atomic mass is 9.96. The molecule has 0 spiro atoms. The highest BCUT2D eigenvalue weighted by atomic mass is 16.2. The van der Waals surface area contributed by atoms with Crippen molar-refractivity contribution in [3.05, 3.63) is 29.8 Å². The van der Waals surface area contributed by atoms with E-state index < -0.39 is 0 Å². The minimum Gasteiger partial charge on any atom is -0.335 e. The molecule has 0 heterocycles. The molecule has 2 N–H and O–H groups in total.